The lowest BCUT2D eigenvalue weighted by molar-refractivity contribution is -0.127. The zero-order valence-corrected chi connectivity index (χ0v) is 15.2. The highest BCUT2D eigenvalue weighted by molar-refractivity contribution is 5.79. The maximum absolute atomic E-state index is 12.2. The molecule has 1 aliphatic heterocycles. The van der Waals surface area contributed by atoms with Gasteiger partial charge in [0.05, 0.1) is 17.9 Å². The predicted molar refractivity (Wildman–Crippen MR) is 93.9 cm³/mol. The second-order valence-corrected chi connectivity index (χ2v) is 6.77. The molecule has 0 radical (unpaired) electrons. The fraction of sp³-hybridized carbons (Fsp3) is 0.500. The van der Waals surface area contributed by atoms with Crippen LogP contribution >= 0.6 is 0 Å². The summed E-state index contributed by atoms with van der Waals surface area (Å²) in [4.78, 5) is 18.4. The van der Waals surface area contributed by atoms with Crippen LogP contribution in [0.5, 0.6) is 5.75 Å². The molecule has 3 heterocycles. The van der Waals surface area contributed by atoms with E-state index in [9.17, 15) is 9.90 Å². The summed E-state index contributed by atoms with van der Waals surface area (Å²) in [7, 11) is 3.77. The topological polar surface area (TPSA) is 83.3 Å². The Bertz CT molecular complexity index is 786. The van der Waals surface area contributed by atoms with Crippen LogP contribution in [0.4, 0.5) is 0 Å². The Morgan fingerprint density at radius 1 is 1.32 bits per heavy atom. The van der Waals surface area contributed by atoms with E-state index in [2.05, 4.69) is 15.4 Å². The van der Waals surface area contributed by atoms with E-state index in [4.69, 9.17) is 0 Å². The first kappa shape index (κ1) is 17.4. The molecule has 7 heteroatoms. The number of amides is 1. The molecule has 1 amide bonds. The quantitative estimate of drug-likeness (QED) is 0.858. The average Bonchev–Trinajstić information content (AvgIpc) is 3.03. The van der Waals surface area contributed by atoms with Crippen molar-refractivity contribution in [2.75, 3.05) is 13.6 Å². The van der Waals surface area contributed by atoms with Crippen LogP contribution in [0.2, 0.25) is 0 Å². The van der Waals surface area contributed by atoms with Gasteiger partial charge in [-0.3, -0.25) is 14.5 Å². The highest BCUT2D eigenvalue weighted by atomic mass is 16.3. The molecule has 1 aliphatic rings. The first-order chi connectivity index (χ1) is 11.9. The Hall–Kier alpha value is -2.41. The van der Waals surface area contributed by atoms with Gasteiger partial charge < -0.3 is 15.3 Å². The molecular weight excluding hydrogens is 318 g/mol. The van der Waals surface area contributed by atoms with Gasteiger partial charge in [0.15, 0.2) is 0 Å². The number of carbonyl (C=O) groups is 1. The smallest absolute Gasteiger partial charge is 0.223 e. The van der Waals surface area contributed by atoms with Crippen LogP contribution in [0.15, 0.2) is 18.3 Å². The molecule has 25 heavy (non-hydrogen) atoms. The molecule has 2 aromatic rings. The molecule has 0 unspecified atom stereocenters. The fourth-order valence-corrected chi connectivity index (χ4v) is 3.51. The Morgan fingerprint density at radius 2 is 2.08 bits per heavy atom. The standard InChI is InChI=1S/C18H25N5O2/c1-11-5-6-16(24)15(21-11)10-19-8-13-7-17(25)22(3)18(13)14-9-20-23(4)12(14)2/h5-6,9,13,18-19,24H,7-8,10H2,1-4H3/t13-,18+/m0/s1. The summed E-state index contributed by atoms with van der Waals surface area (Å²) in [5, 5.41) is 17.6. The number of aromatic hydroxyl groups is 1. The molecule has 7 nitrogen and oxygen atoms in total. The minimum Gasteiger partial charge on any atom is -0.506 e. The number of aromatic nitrogens is 3. The zero-order valence-electron chi connectivity index (χ0n) is 15.2. The SMILES string of the molecule is Cc1ccc(O)c(CNC[C@@H]2CC(=O)N(C)[C@H]2c2cnn(C)c2C)n1. The third kappa shape index (κ3) is 3.37. The summed E-state index contributed by atoms with van der Waals surface area (Å²) in [5.74, 6) is 0.501. The van der Waals surface area contributed by atoms with Crippen LogP contribution in [0, 0.1) is 19.8 Å². The van der Waals surface area contributed by atoms with Gasteiger partial charge in [0, 0.05) is 56.5 Å². The van der Waals surface area contributed by atoms with E-state index in [0.717, 1.165) is 17.0 Å². The van der Waals surface area contributed by atoms with Crippen LogP contribution in [0.25, 0.3) is 0 Å². The molecule has 2 atom stereocenters. The van der Waals surface area contributed by atoms with Crippen molar-refractivity contribution >= 4 is 5.91 Å². The van der Waals surface area contributed by atoms with Gasteiger partial charge in [-0.25, -0.2) is 0 Å². The Labute approximate surface area is 147 Å². The van der Waals surface area contributed by atoms with Crippen molar-refractivity contribution in [2.45, 2.75) is 32.9 Å². The van der Waals surface area contributed by atoms with Crippen molar-refractivity contribution in [1.29, 1.82) is 0 Å². The molecule has 0 aromatic carbocycles. The van der Waals surface area contributed by atoms with Gasteiger partial charge in [0.25, 0.3) is 0 Å². The lowest BCUT2D eigenvalue weighted by Gasteiger charge is -2.25. The molecule has 1 fully saturated rings. The Balaban J connectivity index is 1.71. The highest BCUT2D eigenvalue weighted by Crippen LogP contribution is 2.37. The van der Waals surface area contributed by atoms with Crippen molar-refractivity contribution in [3.05, 3.63) is 41.0 Å². The van der Waals surface area contributed by atoms with Crippen molar-refractivity contribution in [1.82, 2.24) is 25.0 Å². The molecule has 134 valence electrons. The normalized spacial score (nSPS) is 20.5. The van der Waals surface area contributed by atoms with Crippen LogP contribution in [0.1, 0.15) is 35.1 Å². The number of hydrogen-bond donors (Lipinski definition) is 2. The summed E-state index contributed by atoms with van der Waals surface area (Å²) in [6.45, 7) is 5.07. The third-order valence-electron chi connectivity index (χ3n) is 5.07. The summed E-state index contributed by atoms with van der Waals surface area (Å²) in [5.41, 5.74) is 3.68. The molecule has 0 spiro atoms. The van der Waals surface area contributed by atoms with E-state index in [-0.39, 0.29) is 23.6 Å². The summed E-state index contributed by atoms with van der Waals surface area (Å²) in [6.07, 6.45) is 2.37. The van der Waals surface area contributed by atoms with E-state index >= 15 is 0 Å². The van der Waals surface area contributed by atoms with Crippen molar-refractivity contribution < 1.29 is 9.90 Å². The van der Waals surface area contributed by atoms with Crippen LogP contribution in [-0.2, 0) is 18.4 Å². The van der Waals surface area contributed by atoms with E-state index in [1.54, 1.807) is 12.1 Å². The molecule has 0 saturated carbocycles. The maximum atomic E-state index is 12.2. The predicted octanol–water partition coefficient (Wildman–Crippen LogP) is 1.45. The molecule has 2 N–H and O–H groups in total. The van der Waals surface area contributed by atoms with Crippen molar-refractivity contribution in [3.8, 4) is 5.75 Å². The molecule has 0 bridgehead atoms. The van der Waals surface area contributed by atoms with Crippen LogP contribution in [-0.4, -0.2) is 44.3 Å². The monoisotopic (exact) mass is 343 g/mol. The first-order valence-corrected chi connectivity index (χ1v) is 8.49. The summed E-state index contributed by atoms with van der Waals surface area (Å²) >= 11 is 0. The lowest BCUT2D eigenvalue weighted by Crippen LogP contribution is -2.29. The lowest BCUT2D eigenvalue weighted by atomic mass is 9.94. The average molecular weight is 343 g/mol. The number of nitrogens with zero attached hydrogens (tertiary/aromatic N) is 4. The van der Waals surface area contributed by atoms with Gasteiger partial charge >= 0.3 is 0 Å². The third-order valence-corrected chi connectivity index (χ3v) is 5.07. The second kappa shape index (κ2) is 6.84. The largest absolute Gasteiger partial charge is 0.506 e. The molecule has 0 aliphatic carbocycles. The summed E-state index contributed by atoms with van der Waals surface area (Å²) < 4.78 is 1.84. The number of rotatable bonds is 5. The maximum Gasteiger partial charge on any atom is 0.223 e. The minimum absolute atomic E-state index is 0.0211. The molecule has 3 rings (SSSR count). The zero-order chi connectivity index (χ0) is 18.1. The highest BCUT2D eigenvalue weighted by Gasteiger charge is 2.39. The number of hydrogen-bond acceptors (Lipinski definition) is 5. The van der Waals surface area contributed by atoms with E-state index in [0.29, 0.717) is 25.2 Å². The number of likely N-dealkylation sites (tertiary alicyclic amines) is 1. The van der Waals surface area contributed by atoms with Crippen LogP contribution < -0.4 is 5.32 Å². The second-order valence-electron chi connectivity index (χ2n) is 6.77. The van der Waals surface area contributed by atoms with Gasteiger partial charge in [-0.1, -0.05) is 0 Å². The first-order valence-electron chi connectivity index (χ1n) is 8.49. The van der Waals surface area contributed by atoms with Gasteiger partial charge in [-0.2, -0.15) is 5.10 Å². The van der Waals surface area contributed by atoms with Crippen molar-refractivity contribution in [3.63, 3.8) is 0 Å². The Kier molecular flexibility index (Phi) is 4.76. The number of pyridine rings is 1. The summed E-state index contributed by atoms with van der Waals surface area (Å²) in [6, 6.07) is 3.46. The fourth-order valence-electron chi connectivity index (χ4n) is 3.51. The van der Waals surface area contributed by atoms with E-state index in [1.807, 2.05) is 43.7 Å². The van der Waals surface area contributed by atoms with Gasteiger partial charge in [0.1, 0.15) is 5.75 Å². The van der Waals surface area contributed by atoms with Gasteiger partial charge in [-0.05, 0) is 26.0 Å². The van der Waals surface area contributed by atoms with Crippen LogP contribution in [0.3, 0.4) is 0 Å². The Morgan fingerprint density at radius 3 is 2.76 bits per heavy atom. The molecule has 2 aromatic heterocycles. The number of nitrogens with one attached hydrogen (secondary N) is 1. The number of carbonyl (C=O) groups excluding carboxylic acids is 1. The van der Waals surface area contributed by atoms with E-state index in [1.165, 1.54) is 0 Å². The molecular formula is C18H25N5O2. The van der Waals surface area contributed by atoms with E-state index < -0.39 is 0 Å². The van der Waals surface area contributed by atoms with Crippen molar-refractivity contribution in [2.24, 2.45) is 13.0 Å². The number of aryl methyl sites for hydroxylation is 2. The minimum atomic E-state index is 0.0211. The molecule has 1 saturated heterocycles. The van der Waals surface area contributed by atoms with Gasteiger partial charge in [0.2, 0.25) is 5.91 Å². The van der Waals surface area contributed by atoms with Gasteiger partial charge in [-0.15, -0.1) is 0 Å².